The van der Waals surface area contributed by atoms with Crippen LogP contribution in [0.2, 0.25) is 0 Å². The second kappa shape index (κ2) is 6.40. The van der Waals surface area contributed by atoms with Crippen LogP contribution in [0.25, 0.3) is 0 Å². The molecule has 2 aromatic rings. The fourth-order valence-corrected chi connectivity index (χ4v) is 2.88. The maximum absolute atomic E-state index is 12.6. The third-order valence-corrected chi connectivity index (χ3v) is 4.34. The molecule has 1 amide bonds. The molecule has 0 unspecified atom stereocenters. The fourth-order valence-electron chi connectivity index (χ4n) is 2.88. The normalized spacial score (nSPS) is 15.2. The summed E-state index contributed by atoms with van der Waals surface area (Å²) in [6.07, 6.45) is 5.30. The van der Waals surface area contributed by atoms with E-state index in [2.05, 4.69) is 21.7 Å². The number of nitrogens with zero attached hydrogens (tertiary/aromatic N) is 5. The summed E-state index contributed by atoms with van der Waals surface area (Å²) < 4.78 is 2.07. The van der Waals surface area contributed by atoms with Gasteiger partial charge in [-0.05, 0) is 30.7 Å². The summed E-state index contributed by atoms with van der Waals surface area (Å²) in [5.74, 6) is 1.03. The molecule has 3 heterocycles. The topological polar surface area (TPSA) is 54.3 Å². The number of amides is 1. The highest BCUT2D eigenvalue weighted by Crippen LogP contribution is 2.22. The number of aromatic nitrogens is 3. The molecule has 0 radical (unpaired) electrons. The molecule has 0 spiro atoms. The van der Waals surface area contributed by atoms with Gasteiger partial charge in [0.05, 0.1) is 5.69 Å². The zero-order chi connectivity index (χ0) is 16.4. The number of hydrogen-bond acceptors (Lipinski definition) is 4. The first-order valence-corrected chi connectivity index (χ1v) is 7.97. The Morgan fingerprint density at radius 1 is 1.30 bits per heavy atom. The zero-order valence-electron chi connectivity index (χ0n) is 13.9. The predicted octanol–water partition coefficient (Wildman–Crippen LogP) is 1.88. The average Bonchev–Trinajstić information content (AvgIpc) is 3.08. The van der Waals surface area contributed by atoms with Crippen molar-refractivity contribution in [3.63, 3.8) is 0 Å². The van der Waals surface area contributed by atoms with Crippen LogP contribution in [0.1, 0.15) is 30.6 Å². The summed E-state index contributed by atoms with van der Waals surface area (Å²) in [6.45, 7) is 3.43. The third kappa shape index (κ3) is 3.36. The summed E-state index contributed by atoms with van der Waals surface area (Å²) in [5, 5.41) is 8.51. The first-order valence-electron chi connectivity index (χ1n) is 7.97. The van der Waals surface area contributed by atoms with Crippen molar-refractivity contribution in [2.45, 2.75) is 32.4 Å². The van der Waals surface area contributed by atoms with E-state index in [9.17, 15) is 4.79 Å². The van der Waals surface area contributed by atoms with E-state index in [0.717, 1.165) is 30.0 Å². The summed E-state index contributed by atoms with van der Waals surface area (Å²) in [6, 6.07) is 6.18. The molecule has 0 fully saturated rings. The molecule has 2 aromatic heterocycles. The Morgan fingerprint density at radius 3 is 2.74 bits per heavy atom. The molecule has 6 nitrogen and oxygen atoms in total. The third-order valence-electron chi connectivity index (χ3n) is 4.34. The van der Waals surface area contributed by atoms with Gasteiger partial charge < -0.3 is 14.4 Å². The van der Waals surface area contributed by atoms with E-state index >= 15 is 0 Å². The lowest BCUT2D eigenvalue weighted by Crippen LogP contribution is -2.37. The van der Waals surface area contributed by atoms with Gasteiger partial charge in [0.25, 0.3) is 0 Å². The summed E-state index contributed by atoms with van der Waals surface area (Å²) in [4.78, 5) is 16.5. The first kappa shape index (κ1) is 15.5. The Hall–Kier alpha value is -2.37. The largest absolute Gasteiger partial charge is 0.361 e. The smallest absolute Gasteiger partial charge is 0.224 e. The van der Waals surface area contributed by atoms with Gasteiger partial charge in [-0.2, -0.15) is 5.10 Å². The minimum atomic E-state index is 0.173. The lowest BCUT2D eigenvalue weighted by atomic mass is 10.1. The van der Waals surface area contributed by atoms with Crippen molar-refractivity contribution in [2.75, 3.05) is 25.5 Å². The van der Waals surface area contributed by atoms with E-state index in [0.29, 0.717) is 13.0 Å². The first-order chi connectivity index (χ1) is 11.0. The number of carbonyl (C=O) groups excluding carboxylic acids is 1. The number of carbonyl (C=O) groups is 1. The van der Waals surface area contributed by atoms with Crippen LogP contribution in [0.4, 0.5) is 5.82 Å². The quantitative estimate of drug-likeness (QED) is 0.865. The molecule has 0 aliphatic carbocycles. The van der Waals surface area contributed by atoms with Gasteiger partial charge in [-0.3, -0.25) is 4.79 Å². The SMILES string of the molecule is C[C@H](CC(=O)N1CCc2nnc(N(C)C)cc2C1)n1cccc1. The van der Waals surface area contributed by atoms with Crippen molar-refractivity contribution in [2.24, 2.45) is 0 Å². The number of anilines is 1. The van der Waals surface area contributed by atoms with E-state index in [1.54, 1.807) is 0 Å². The van der Waals surface area contributed by atoms with Crippen molar-refractivity contribution >= 4 is 11.7 Å². The van der Waals surface area contributed by atoms with Crippen molar-refractivity contribution < 1.29 is 4.79 Å². The molecule has 1 atom stereocenters. The van der Waals surface area contributed by atoms with Crippen LogP contribution in [0.5, 0.6) is 0 Å². The molecule has 1 aliphatic rings. The minimum absolute atomic E-state index is 0.173. The molecule has 3 rings (SSSR count). The highest BCUT2D eigenvalue weighted by Gasteiger charge is 2.24. The highest BCUT2D eigenvalue weighted by molar-refractivity contribution is 5.77. The van der Waals surface area contributed by atoms with Gasteiger partial charge in [0.2, 0.25) is 5.91 Å². The zero-order valence-corrected chi connectivity index (χ0v) is 13.9. The molecule has 23 heavy (non-hydrogen) atoms. The Morgan fingerprint density at radius 2 is 2.04 bits per heavy atom. The van der Waals surface area contributed by atoms with Crippen molar-refractivity contribution in [1.82, 2.24) is 19.7 Å². The number of hydrogen-bond donors (Lipinski definition) is 0. The molecule has 0 bridgehead atoms. The summed E-state index contributed by atoms with van der Waals surface area (Å²) >= 11 is 0. The molecule has 0 saturated heterocycles. The van der Waals surface area contributed by atoms with Gasteiger partial charge in [0.15, 0.2) is 5.82 Å². The maximum Gasteiger partial charge on any atom is 0.224 e. The van der Waals surface area contributed by atoms with Crippen molar-refractivity contribution in [3.8, 4) is 0 Å². The molecule has 0 aromatic carbocycles. The van der Waals surface area contributed by atoms with Gasteiger partial charge in [-0.15, -0.1) is 5.10 Å². The van der Waals surface area contributed by atoms with Crippen LogP contribution >= 0.6 is 0 Å². The van der Waals surface area contributed by atoms with Crippen LogP contribution in [-0.4, -0.2) is 46.2 Å². The maximum atomic E-state index is 12.6. The second-order valence-corrected chi connectivity index (χ2v) is 6.32. The Kier molecular flexibility index (Phi) is 4.32. The van der Waals surface area contributed by atoms with Crippen LogP contribution in [-0.2, 0) is 17.8 Å². The van der Waals surface area contributed by atoms with E-state index in [1.165, 1.54) is 0 Å². The highest BCUT2D eigenvalue weighted by atomic mass is 16.2. The Balaban J connectivity index is 1.68. The molecule has 1 aliphatic heterocycles. The van der Waals surface area contributed by atoms with E-state index in [1.807, 2.05) is 54.5 Å². The lowest BCUT2D eigenvalue weighted by molar-refractivity contribution is -0.132. The molecule has 0 saturated carbocycles. The minimum Gasteiger partial charge on any atom is -0.361 e. The van der Waals surface area contributed by atoms with Crippen LogP contribution < -0.4 is 4.90 Å². The van der Waals surface area contributed by atoms with Gasteiger partial charge >= 0.3 is 0 Å². The van der Waals surface area contributed by atoms with Crippen molar-refractivity contribution in [3.05, 3.63) is 41.9 Å². The van der Waals surface area contributed by atoms with Gasteiger partial charge in [-0.25, -0.2) is 0 Å². The Bertz CT molecular complexity index is 680. The molecule has 6 heteroatoms. The molecular formula is C17H23N5O. The summed E-state index contributed by atoms with van der Waals surface area (Å²) in [5.41, 5.74) is 2.12. The molecule has 0 N–H and O–H groups in total. The van der Waals surface area contributed by atoms with E-state index in [-0.39, 0.29) is 11.9 Å². The van der Waals surface area contributed by atoms with E-state index < -0.39 is 0 Å². The fraction of sp³-hybridized carbons (Fsp3) is 0.471. The molecular weight excluding hydrogens is 290 g/mol. The van der Waals surface area contributed by atoms with Gasteiger partial charge in [-0.1, -0.05) is 0 Å². The second-order valence-electron chi connectivity index (χ2n) is 6.32. The average molecular weight is 313 g/mol. The van der Waals surface area contributed by atoms with Gasteiger partial charge in [0, 0.05) is 58.5 Å². The van der Waals surface area contributed by atoms with Crippen LogP contribution in [0, 0.1) is 0 Å². The molecule has 122 valence electrons. The Labute approximate surface area is 136 Å². The number of rotatable bonds is 4. The summed E-state index contributed by atoms with van der Waals surface area (Å²) in [7, 11) is 3.89. The van der Waals surface area contributed by atoms with E-state index in [4.69, 9.17) is 0 Å². The van der Waals surface area contributed by atoms with Gasteiger partial charge in [0.1, 0.15) is 0 Å². The van der Waals surface area contributed by atoms with Crippen LogP contribution in [0.3, 0.4) is 0 Å². The van der Waals surface area contributed by atoms with Crippen LogP contribution in [0.15, 0.2) is 30.6 Å². The van der Waals surface area contributed by atoms with Crippen molar-refractivity contribution in [1.29, 1.82) is 0 Å². The predicted molar refractivity (Wildman–Crippen MR) is 89.2 cm³/mol. The standard InChI is InChI=1S/C17H23N5O/c1-13(21-7-4-5-8-21)10-17(23)22-9-6-15-14(12-22)11-16(19-18-15)20(2)3/h4-5,7-8,11,13H,6,9-10,12H2,1-3H3/t13-/m1/s1. The lowest BCUT2D eigenvalue weighted by Gasteiger charge is -2.29. The number of fused-ring (bicyclic) bond motifs is 1. The monoisotopic (exact) mass is 313 g/mol.